The van der Waals surface area contributed by atoms with Gasteiger partial charge < -0.3 is 20.3 Å². The minimum Gasteiger partial charge on any atom is -0.475 e. The highest BCUT2D eigenvalue weighted by Gasteiger charge is 2.38. The highest BCUT2D eigenvalue weighted by Crippen LogP contribution is 2.29. The van der Waals surface area contributed by atoms with Crippen LogP contribution in [0.2, 0.25) is 0 Å². The van der Waals surface area contributed by atoms with Crippen LogP contribution in [0.25, 0.3) is 0 Å². The van der Waals surface area contributed by atoms with Crippen LogP contribution in [0.5, 0.6) is 0 Å². The molecule has 0 radical (unpaired) electrons. The second-order valence-electron chi connectivity index (χ2n) is 6.70. The summed E-state index contributed by atoms with van der Waals surface area (Å²) in [7, 11) is 0. The molecule has 30 heavy (non-hydrogen) atoms. The Hall–Kier alpha value is -3.55. The molecule has 2 heterocycles. The number of halogens is 3. The predicted octanol–water partition coefficient (Wildman–Crippen LogP) is 3.40. The van der Waals surface area contributed by atoms with E-state index < -0.39 is 12.1 Å². The number of rotatable bonds is 3. The normalized spacial score (nSPS) is 14.3. The number of imidazole rings is 1. The second kappa shape index (κ2) is 9.78. The summed E-state index contributed by atoms with van der Waals surface area (Å²) in [5, 5.41) is 18.8. The van der Waals surface area contributed by atoms with Crippen LogP contribution >= 0.6 is 0 Å². The average molecular weight is 423 g/mol. The fourth-order valence-electron chi connectivity index (χ4n) is 2.78. The van der Waals surface area contributed by atoms with Gasteiger partial charge in [-0.2, -0.15) is 18.4 Å². The number of alkyl halides is 3. The molecule has 1 amide bonds. The quantitative estimate of drug-likeness (QED) is 0.696. The number of amides is 1. The Morgan fingerprint density at radius 2 is 1.90 bits per heavy atom. The standard InChI is InChI=1S/C17H19N5O.C2HF3O2/c1-12-6-8-22(9-7-12)15-5-3-2-4-14(15)21-17(23)16-19-11-13(10-18)20-16;3-2(4,5)1(6)7/h2-5,11-12H,6-9H2,1H3,(H,19,20)(H,21,23);(H,6,7). The Labute approximate surface area is 170 Å². The van der Waals surface area contributed by atoms with Crippen LogP contribution in [0, 0.1) is 17.2 Å². The van der Waals surface area contributed by atoms with Crippen LogP contribution in [0.4, 0.5) is 24.5 Å². The number of aromatic amines is 1. The fraction of sp³-hybridized carbons (Fsp3) is 0.368. The Bertz CT molecular complexity index is 928. The van der Waals surface area contributed by atoms with E-state index in [2.05, 4.69) is 27.1 Å². The van der Waals surface area contributed by atoms with Crippen LogP contribution in [0.1, 0.15) is 36.1 Å². The number of carboxylic acids is 1. The number of carbonyl (C=O) groups is 2. The number of H-pyrrole nitrogens is 1. The molecular formula is C19H20F3N5O3. The molecule has 0 aliphatic carbocycles. The van der Waals surface area contributed by atoms with Crippen molar-refractivity contribution in [3.8, 4) is 6.07 Å². The molecule has 0 atom stereocenters. The van der Waals surface area contributed by atoms with Crippen molar-refractivity contribution in [3.05, 3.63) is 42.0 Å². The van der Waals surface area contributed by atoms with Crippen molar-refractivity contribution in [1.29, 1.82) is 5.26 Å². The summed E-state index contributed by atoms with van der Waals surface area (Å²) < 4.78 is 31.7. The van der Waals surface area contributed by atoms with E-state index in [-0.39, 0.29) is 17.4 Å². The van der Waals surface area contributed by atoms with Gasteiger partial charge in [0, 0.05) is 13.1 Å². The lowest BCUT2D eigenvalue weighted by Crippen LogP contribution is -2.33. The summed E-state index contributed by atoms with van der Waals surface area (Å²) in [6.45, 7) is 4.26. The second-order valence-corrected chi connectivity index (χ2v) is 6.70. The average Bonchev–Trinajstić information content (AvgIpc) is 3.18. The number of nitriles is 1. The molecule has 2 aromatic rings. The van der Waals surface area contributed by atoms with Crippen LogP contribution < -0.4 is 10.2 Å². The van der Waals surface area contributed by atoms with Crippen molar-refractivity contribution in [2.75, 3.05) is 23.3 Å². The van der Waals surface area contributed by atoms with Gasteiger partial charge in [-0.3, -0.25) is 4.79 Å². The van der Waals surface area contributed by atoms with Gasteiger partial charge in [0.15, 0.2) is 5.82 Å². The number of piperidine rings is 1. The number of carboxylic acid groups (broad SMARTS) is 1. The van der Waals surface area contributed by atoms with E-state index in [0.717, 1.165) is 43.2 Å². The molecule has 8 nitrogen and oxygen atoms in total. The van der Waals surface area contributed by atoms with Crippen LogP contribution in [-0.2, 0) is 4.79 Å². The molecule has 0 bridgehead atoms. The van der Waals surface area contributed by atoms with Gasteiger partial charge in [-0.1, -0.05) is 19.1 Å². The summed E-state index contributed by atoms with van der Waals surface area (Å²) in [6.07, 6.45) is -1.41. The molecule has 3 N–H and O–H groups in total. The number of aromatic nitrogens is 2. The number of nitrogens with one attached hydrogen (secondary N) is 2. The van der Waals surface area contributed by atoms with E-state index in [9.17, 15) is 18.0 Å². The van der Waals surface area contributed by atoms with Crippen molar-refractivity contribution in [2.45, 2.75) is 25.9 Å². The molecule has 1 fully saturated rings. The number of aliphatic carboxylic acids is 1. The van der Waals surface area contributed by atoms with E-state index in [4.69, 9.17) is 15.2 Å². The van der Waals surface area contributed by atoms with E-state index >= 15 is 0 Å². The molecule has 0 unspecified atom stereocenters. The van der Waals surface area contributed by atoms with E-state index in [0.29, 0.717) is 0 Å². The summed E-state index contributed by atoms with van der Waals surface area (Å²) in [5.74, 6) is -2.21. The minimum absolute atomic E-state index is 0.142. The van der Waals surface area contributed by atoms with Gasteiger partial charge in [-0.25, -0.2) is 9.78 Å². The smallest absolute Gasteiger partial charge is 0.475 e. The molecular weight excluding hydrogens is 403 g/mol. The first-order chi connectivity index (χ1) is 14.1. The zero-order valence-corrected chi connectivity index (χ0v) is 16.0. The van der Waals surface area contributed by atoms with Gasteiger partial charge in [0.25, 0.3) is 5.91 Å². The van der Waals surface area contributed by atoms with E-state index in [1.165, 1.54) is 6.20 Å². The fourth-order valence-corrected chi connectivity index (χ4v) is 2.78. The van der Waals surface area contributed by atoms with E-state index in [1.54, 1.807) is 0 Å². The summed E-state index contributed by atoms with van der Waals surface area (Å²) in [5.41, 5.74) is 2.07. The lowest BCUT2D eigenvalue weighted by atomic mass is 9.98. The van der Waals surface area contributed by atoms with Gasteiger partial charge in [-0.05, 0) is 30.9 Å². The first kappa shape index (κ1) is 22.7. The third kappa shape index (κ3) is 6.23. The SMILES string of the molecule is CC1CCN(c2ccccc2NC(=O)c2ncc(C#N)[nH]2)CC1.O=C(O)C(F)(F)F. The third-order valence-electron chi connectivity index (χ3n) is 4.43. The highest BCUT2D eigenvalue weighted by molar-refractivity contribution is 6.03. The first-order valence-corrected chi connectivity index (χ1v) is 9.02. The maximum Gasteiger partial charge on any atom is 0.490 e. The van der Waals surface area contributed by atoms with Crippen molar-refractivity contribution in [3.63, 3.8) is 0 Å². The van der Waals surface area contributed by atoms with Crippen molar-refractivity contribution >= 4 is 23.3 Å². The number of carbonyl (C=O) groups excluding carboxylic acids is 1. The Kier molecular flexibility index (Phi) is 7.41. The molecule has 1 aromatic carbocycles. The largest absolute Gasteiger partial charge is 0.490 e. The Morgan fingerprint density at radius 1 is 1.30 bits per heavy atom. The number of para-hydroxylation sites is 2. The van der Waals surface area contributed by atoms with Crippen LogP contribution in [0.15, 0.2) is 30.5 Å². The molecule has 11 heteroatoms. The molecule has 1 saturated heterocycles. The first-order valence-electron chi connectivity index (χ1n) is 9.02. The number of hydrogen-bond acceptors (Lipinski definition) is 5. The molecule has 0 spiro atoms. The van der Waals surface area contributed by atoms with Gasteiger partial charge in [0.05, 0.1) is 17.6 Å². The summed E-state index contributed by atoms with van der Waals surface area (Å²) in [6, 6.07) is 9.71. The van der Waals surface area contributed by atoms with Gasteiger partial charge in [0.1, 0.15) is 11.8 Å². The lowest BCUT2D eigenvalue weighted by Gasteiger charge is -2.33. The zero-order chi connectivity index (χ0) is 22.3. The van der Waals surface area contributed by atoms with Crippen LogP contribution in [-0.4, -0.2) is 46.2 Å². The van der Waals surface area contributed by atoms with Crippen molar-refractivity contribution in [2.24, 2.45) is 5.92 Å². The Morgan fingerprint density at radius 3 is 2.43 bits per heavy atom. The predicted molar refractivity (Wildman–Crippen MR) is 102 cm³/mol. The summed E-state index contributed by atoms with van der Waals surface area (Å²) in [4.78, 5) is 30.1. The van der Waals surface area contributed by atoms with E-state index in [1.807, 2.05) is 30.3 Å². The molecule has 1 aliphatic heterocycles. The monoisotopic (exact) mass is 423 g/mol. The zero-order valence-electron chi connectivity index (χ0n) is 16.0. The number of nitrogens with zero attached hydrogens (tertiary/aromatic N) is 3. The van der Waals surface area contributed by atoms with Gasteiger partial charge >= 0.3 is 12.1 Å². The number of anilines is 2. The molecule has 1 aliphatic rings. The maximum absolute atomic E-state index is 12.3. The maximum atomic E-state index is 12.3. The van der Waals surface area contributed by atoms with Crippen LogP contribution in [0.3, 0.4) is 0 Å². The Balaban J connectivity index is 0.000000396. The molecule has 0 saturated carbocycles. The number of benzene rings is 1. The highest BCUT2D eigenvalue weighted by atomic mass is 19.4. The topological polar surface area (TPSA) is 122 Å². The summed E-state index contributed by atoms with van der Waals surface area (Å²) >= 11 is 0. The third-order valence-corrected chi connectivity index (χ3v) is 4.43. The van der Waals surface area contributed by atoms with Gasteiger partial charge in [-0.15, -0.1) is 0 Å². The minimum atomic E-state index is -5.08. The molecule has 160 valence electrons. The molecule has 3 rings (SSSR count). The van der Waals surface area contributed by atoms with Crippen molar-refractivity contribution < 1.29 is 27.9 Å². The lowest BCUT2D eigenvalue weighted by molar-refractivity contribution is -0.192. The van der Waals surface area contributed by atoms with Gasteiger partial charge in [0.2, 0.25) is 0 Å². The molecule has 1 aromatic heterocycles. The van der Waals surface area contributed by atoms with Crippen molar-refractivity contribution in [1.82, 2.24) is 9.97 Å². The number of hydrogen-bond donors (Lipinski definition) is 3.